The number of nitrogens with zero attached hydrogens (tertiary/aromatic N) is 5. The summed E-state index contributed by atoms with van der Waals surface area (Å²) in [5.74, 6) is 5.85. The molecule has 0 atom stereocenters. The predicted molar refractivity (Wildman–Crippen MR) is 123 cm³/mol. The highest BCUT2D eigenvalue weighted by molar-refractivity contribution is 6.18. The van der Waals surface area contributed by atoms with Crippen molar-refractivity contribution in [2.24, 2.45) is 10.9 Å². The van der Waals surface area contributed by atoms with Crippen molar-refractivity contribution in [1.82, 2.24) is 14.5 Å². The molecular weight excluding hydrogens is 372 g/mol. The van der Waals surface area contributed by atoms with Crippen molar-refractivity contribution in [2.75, 3.05) is 19.0 Å². The highest BCUT2D eigenvalue weighted by atomic mass is 15.1. The lowest BCUT2D eigenvalue weighted by Crippen LogP contribution is -2.12. The highest BCUT2D eigenvalue weighted by Gasteiger charge is 2.20. The van der Waals surface area contributed by atoms with Crippen molar-refractivity contribution >= 4 is 22.4 Å². The van der Waals surface area contributed by atoms with Gasteiger partial charge in [-0.05, 0) is 37.1 Å². The summed E-state index contributed by atoms with van der Waals surface area (Å²) in [7, 11) is 4.03. The molecule has 0 saturated heterocycles. The van der Waals surface area contributed by atoms with Gasteiger partial charge in [-0.2, -0.15) is 5.10 Å². The van der Waals surface area contributed by atoms with Gasteiger partial charge in [0, 0.05) is 37.6 Å². The average molecular weight is 399 g/mol. The van der Waals surface area contributed by atoms with Crippen LogP contribution in [0.5, 0.6) is 0 Å². The van der Waals surface area contributed by atoms with Gasteiger partial charge < -0.3 is 15.3 Å². The predicted octanol–water partition coefficient (Wildman–Crippen LogP) is 3.87. The van der Waals surface area contributed by atoms with Crippen LogP contribution in [0, 0.1) is 13.8 Å². The maximum atomic E-state index is 5.85. The molecule has 4 rings (SSSR count). The van der Waals surface area contributed by atoms with E-state index in [1.165, 1.54) is 5.56 Å². The molecule has 6 heteroatoms. The van der Waals surface area contributed by atoms with Crippen LogP contribution in [-0.4, -0.2) is 34.3 Å². The molecule has 0 aliphatic rings. The molecular formula is C24H26N6. The summed E-state index contributed by atoms with van der Waals surface area (Å²) >= 11 is 0. The quantitative estimate of drug-likeness (QED) is 0.315. The lowest BCUT2D eigenvalue weighted by atomic mass is 10.0. The Hall–Kier alpha value is -3.67. The standard InChI is InChI=1S/C24H26N6/c1-16-17(2)30(14-18-8-6-5-7-9-18)24-21(16)23(26-15-27-24)22(28-25)19-10-12-20(13-11-19)29(3)4/h5-13,15H,14,25H2,1-4H3. The number of aryl methyl sites for hydroxylation is 1. The van der Waals surface area contributed by atoms with E-state index >= 15 is 0 Å². The lowest BCUT2D eigenvalue weighted by Gasteiger charge is -2.13. The van der Waals surface area contributed by atoms with Gasteiger partial charge in [-0.25, -0.2) is 9.97 Å². The van der Waals surface area contributed by atoms with Crippen molar-refractivity contribution in [1.29, 1.82) is 0 Å². The van der Waals surface area contributed by atoms with Crippen molar-refractivity contribution < 1.29 is 0 Å². The molecule has 4 aromatic rings. The Morgan fingerprint density at radius 1 is 1.00 bits per heavy atom. The summed E-state index contributed by atoms with van der Waals surface area (Å²) in [6.07, 6.45) is 1.59. The number of rotatable bonds is 5. The summed E-state index contributed by atoms with van der Waals surface area (Å²) < 4.78 is 2.23. The van der Waals surface area contributed by atoms with E-state index in [0.29, 0.717) is 5.71 Å². The van der Waals surface area contributed by atoms with Crippen molar-refractivity contribution in [3.8, 4) is 0 Å². The Bertz CT molecular complexity index is 1200. The Morgan fingerprint density at radius 3 is 2.33 bits per heavy atom. The molecule has 0 unspecified atom stereocenters. The Labute approximate surface area is 176 Å². The third kappa shape index (κ3) is 3.41. The minimum Gasteiger partial charge on any atom is -0.378 e. The average Bonchev–Trinajstić information content (AvgIpc) is 3.01. The molecule has 30 heavy (non-hydrogen) atoms. The van der Waals surface area contributed by atoms with E-state index in [9.17, 15) is 0 Å². The first-order valence-electron chi connectivity index (χ1n) is 9.91. The van der Waals surface area contributed by atoms with Crippen LogP contribution in [0.2, 0.25) is 0 Å². The Kier molecular flexibility index (Phi) is 5.23. The van der Waals surface area contributed by atoms with Gasteiger partial charge in [0.25, 0.3) is 0 Å². The fourth-order valence-corrected chi connectivity index (χ4v) is 3.80. The SMILES string of the molecule is Cc1c(C)n(Cc2ccccc2)c2ncnc(C(=NN)c3ccc(N(C)C)cc3)c12. The number of hydrogen-bond acceptors (Lipinski definition) is 5. The van der Waals surface area contributed by atoms with Gasteiger partial charge in [0.05, 0.1) is 5.39 Å². The smallest absolute Gasteiger partial charge is 0.144 e. The molecule has 0 amide bonds. The van der Waals surface area contributed by atoms with Crippen LogP contribution in [0.1, 0.15) is 28.1 Å². The third-order valence-electron chi connectivity index (χ3n) is 5.60. The molecule has 0 saturated carbocycles. The van der Waals surface area contributed by atoms with Crippen molar-refractivity contribution in [3.05, 3.63) is 89.0 Å². The molecule has 0 aliphatic heterocycles. The van der Waals surface area contributed by atoms with Crippen LogP contribution in [0.3, 0.4) is 0 Å². The molecule has 0 bridgehead atoms. The van der Waals surface area contributed by atoms with Crippen LogP contribution in [0.4, 0.5) is 5.69 Å². The first-order valence-corrected chi connectivity index (χ1v) is 9.91. The minimum atomic E-state index is 0.660. The van der Waals surface area contributed by atoms with Gasteiger partial charge in [-0.1, -0.05) is 42.5 Å². The minimum absolute atomic E-state index is 0.660. The van der Waals surface area contributed by atoms with Crippen LogP contribution in [0.25, 0.3) is 11.0 Å². The molecule has 2 aromatic heterocycles. The van der Waals surface area contributed by atoms with Gasteiger partial charge in [-0.15, -0.1) is 0 Å². The van der Waals surface area contributed by atoms with E-state index in [2.05, 4.69) is 74.8 Å². The second kappa shape index (κ2) is 7.99. The largest absolute Gasteiger partial charge is 0.378 e. The van der Waals surface area contributed by atoms with Gasteiger partial charge >= 0.3 is 0 Å². The van der Waals surface area contributed by atoms with E-state index in [1.807, 2.05) is 32.3 Å². The van der Waals surface area contributed by atoms with Crippen LogP contribution in [0.15, 0.2) is 66.0 Å². The summed E-state index contributed by atoms with van der Waals surface area (Å²) in [6, 6.07) is 18.6. The fraction of sp³-hybridized carbons (Fsp3) is 0.208. The van der Waals surface area contributed by atoms with Crippen molar-refractivity contribution in [3.63, 3.8) is 0 Å². The van der Waals surface area contributed by atoms with E-state index in [1.54, 1.807) is 6.33 Å². The van der Waals surface area contributed by atoms with Crippen LogP contribution in [-0.2, 0) is 6.54 Å². The molecule has 2 aromatic carbocycles. The van der Waals surface area contributed by atoms with E-state index < -0.39 is 0 Å². The van der Waals surface area contributed by atoms with E-state index in [0.717, 1.165) is 45.8 Å². The Balaban J connectivity index is 1.84. The van der Waals surface area contributed by atoms with E-state index in [-0.39, 0.29) is 0 Å². The number of hydrogen-bond donors (Lipinski definition) is 1. The molecule has 6 nitrogen and oxygen atoms in total. The zero-order valence-electron chi connectivity index (χ0n) is 17.8. The topological polar surface area (TPSA) is 72.3 Å². The van der Waals surface area contributed by atoms with Crippen molar-refractivity contribution in [2.45, 2.75) is 20.4 Å². The third-order valence-corrected chi connectivity index (χ3v) is 5.60. The van der Waals surface area contributed by atoms with Gasteiger partial charge in [0.15, 0.2) is 0 Å². The van der Waals surface area contributed by atoms with Gasteiger partial charge in [0.2, 0.25) is 0 Å². The zero-order chi connectivity index (χ0) is 21.3. The number of benzene rings is 2. The molecule has 2 N–H and O–H groups in total. The normalized spacial score (nSPS) is 11.8. The zero-order valence-corrected chi connectivity index (χ0v) is 17.8. The monoisotopic (exact) mass is 398 g/mol. The molecule has 0 radical (unpaired) electrons. The maximum Gasteiger partial charge on any atom is 0.144 e. The fourth-order valence-electron chi connectivity index (χ4n) is 3.80. The second-order valence-corrected chi connectivity index (χ2v) is 7.62. The molecule has 0 fully saturated rings. The number of anilines is 1. The first kappa shape index (κ1) is 19.6. The maximum absolute atomic E-state index is 5.85. The second-order valence-electron chi connectivity index (χ2n) is 7.62. The molecule has 0 spiro atoms. The first-order chi connectivity index (χ1) is 14.5. The van der Waals surface area contributed by atoms with Gasteiger partial charge in [-0.3, -0.25) is 0 Å². The van der Waals surface area contributed by atoms with Crippen LogP contribution < -0.4 is 10.7 Å². The molecule has 152 valence electrons. The number of fused-ring (bicyclic) bond motifs is 1. The molecule has 0 aliphatic carbocycles. The van der Waals surface area contributed by atoms with Gasteiger partial charge in [0.1, 0.15) is 23.4 Å². The number of aromatic nitrogens is 3. The Morgan fingerprint density at radius 2 is 1.70 bits per heavy atom. The van der Waals surface area contributed by atoms with E-state index in [4.69, 9.17) is 5.84 Å². The summed E-state index contributed by atoms with van der Waals surface area (Å²) in [5.41, 5.74) is 7.88. The summed E-state index contributed by atoms with van der Waals surface area (Å²) in [4.78, 5) is 11.3. The number of nitrogens with two attached hydrogens (primary N) is 1. The highest BCUT2D eigenvalue weighted by Crippen LogP contribution is 2.28. The lowest BCUT2D eigenvalue weighted by molar-refractivity contribution is 0.790. The van der Waals surface area contributed by atoms with Crippen LogP contribution >= 0.6 is 0 Å². The summed E-state index contributed by atoms with van der Waals surface area (Å²) in [6.45, 7) is 4.98. The molecule has 2 heterocycles. The summed E-state index contributed by atoms with van der Waals surface area (Å²) in [5, 5.41) is 5.11. The number of hydrazone groups is 1.